The molecule has 0 aliphatic rings. The monoisotopic (exact) mass is 342 g/mol. The maximum absolute atomic E-state index is 9.01. The fourth-order valence-corrected chi connectivity index (χ4v) is 2.83. The molecule has 0 saturated carbocycles. The maximum atomic E-state index is 9.01. The second kappa shape index (κ2) is 13.1. The van der Waals surface area contributed by atoms with E-state index in [9.17, 15) is 0 Å². The zero-order chi connectivity index (χ0) is 18.3. The molecule has 0 aromatic heterocycles. The molecule has 136 valence electrons. The van der Waals surface area contributed by atoms with Crippen LogP contribution in [0.4, 0.5) is 0 Å². The van der Waals surface area contributed by atoms with Gasteiger partial charge in [-0.2, -0.15) is 10.5 Å². The van der Waals surface area contributed by atoms with Gasteiger partial charge in [0.25, 0.3) is 0 Å². The average molecular weight is 342 g/mol. The predicted octanol–water partition coefficient (Wildman–Crippen LogP) is 5.35. The van der Waals surface area contributed by atoms with Crippen LogP contribution in [0.25, 0.3) is 0 Å². The average Bonchev–Trinajstić information content (AvgIpc) is 2.62. The summed E-state index contributed by atoms with van der Waals surface area (Å²) in [5.74, 6) is 1.35. The van der Waals surface area contributed by atoms with E-state index in [1.807, 2.05) is 12.1 Å². The number of ether oxygens (including phenoxy) is 2. The van der Waals surface area contributed by atoms with E-state index in [1.165, 1.54) is 44.9 Å². The van der Waals surface area contributed by atoms with Gasteiger partial charge in [-0.15, -0.1) is 0 Å². The number of methoxy groups -OCH3 is 1. The van der Waals surface area contributed by atoms with Gasteiger partial charge in [0.2, 0.25) is 0 Å². The molecule has 0 fully saturated rings. The Balaban J connectivity index is 2.49. The number of nitriles is 2. The van der Waals surface area contributed by atoms with E-state index in [4.69, 9.17) is 20.0 Å². The van der Waals surface area contributed by atoms with Crippen LogP contribution in [-0.2, 0) is 12.8 Å². The van der Waals surface area contributed by atoms with Crippen molar-refractivity contribution >= 4 is 0 Å². The summed E-state index contributed by atoms with van der Waals surface area (Å²) < 4.78 is 11.2. The highest BCUT2D eigenvalue weighted by Gasteiger charge is 2.11. The maximum Gasteiger partial charge on any atom is 0.124 e. The van der Waals surface area contributed by atoms with Crippen LogP contribution in [-0.4, -0.2) is 13.7 Å². The summed E-state index contributed by atoms with van der Waals surface area (Å²) in [5, 5.41) is 18.0. The Morgan fingerprint density at radius 2 is 1.32 bits per heavy atom. The summed E-state index contributed by atoms with van der Waals surface area (Å²) in [6.07, 6.45) is 10.6. The molecule has 0 amide bonds. The standard InChI is InChI=1S/C21H30N2O2/c1-3-4-5-6-7-8-9-10-15-25-21-17-18(11-13-22)20(24-2)16-19(21)12-14-23/h16-17H,3-12,15H2,1-2H3. The Bertz CT molecular complexity index is 585. The minimum Gasteiger partial charge on any atom is -0.496 e. The normalized spacial score (nSPS) is 10.1. The Labute approximate surface area is 152 Å². The van der Waals surface area contributed by atoms with Crippen molar-refractivity contribution in [1.29, 1.82) is 10.5 Å². The van der Waals surface area contributed by atoms with Crippen molar-refractivity contribution in [2.24, 2.45) is 0 Å². The van der Waals surface area contributed by atoms with Crippen molar-refractivity contribution in [3.05, 3.63) is 23.3 Å². The molecule has 1 rings (SSSR count). The lowest BCUT2D eigenvalue weighted by atomic mass is 10.0. The number of rotatable bonds is 13. The number of nitrogens with zero attached hydrogens (tertiary/aromatic N) is 2. The van der Waals surface area contributed by atoms with Crippen LogP contribution in [0, 0.1) is 22.7 Å². The van der Waals surface area contributed by atoms with Crippen molar-refractivity contribution in [3.63, 3.8) is 0 Å². The zero-order valence-corrected chi connectivity index (χ0v) is 15.6. The highest BCUT2D eigenvalue weighted by atomic mass is 16.5. The molecule has 0 heterocycles. The lowest BCUT2D eigenvalue weighted by molar-refractivity contribution is 0.300. The van der Waals surface area contributed by atoms with E-state index < -0.39 is 0 Å². The molecule has 1 aromatic rings. The summed E-state index contributed by atoms with van der Waals surface area (Å²) in [6, 6.07) is 7.97. The summed E-state index contributed by atoms with van der Waals surface area (Å²) in [4.78, 5) is 0. The van der Waals surface area contributed by atoms with Crippen LogP contribution in [0.3, 0.4) is 0 Å². The largest absolute Gasteiger partial charge is 0.496 e. The van der Waals surface area contributed by atoms with E-state index in [0.29, 0.717) is 18.1 Å². The highest BCUT2D eigenvalue weighted by molar-refractivity contribution is 5.48. The second-order valence-electron chi connectivity index (χ2n) is 6.26. The fourth-order valence-electron chi connectivity index (χ4n) is 2.83. The molecule has 0 aliphatic heterocycles. The van der Waals surface area contributed by atoms with E-state index >= 15 is 0 Å². The fraction of sp³-hybridized carbons (Fsp3) is 0.619. The summed E-state index contributed by atoms with van der Waals surface area (Å²) >= 11 is 0. The lowest BCUT2D eigenvalue weighted by Crippen LogP contribution is -2.03. The smallest absolute Gasteiger partial charge is 0.124 e. The van der Waals surface area contributed by atoms with Gasteiger partial charge in [-0.1, -0.05) is 51.9 Å². The molecule has 0 unspecified atom stereocenters. The molecular weight excluding hydrogens is 312 g/mol. The summed E-state index contributed by atoms with van der Waals surface area (Å²) in [6.45, 7) is 2.88. The molecule has 0 N–H and O–H groups in total. The third kappa shape index (κ3) is 7.94. The SMILES string of the molecule is CCCCCCCCCCOc1cc(CC#N)c(OC)cc1CC#N. The first-order valence-corrected chi connectivity index (χ1v) is 9.33. The Morgan fingerprint density at radius 1 is 0.800 bits per heavy atom. The quantitative estimate of drug-likeness (QED) is 0.453. The Kier molecular flexibility index (Phi) is 10.9. The molecule has 4 heteroatoms. The molecule has 25 heavy (non-hydrogen) atoms. The minimum absolute atomic E-state index is 0.268. The highest BCUT2D eigenvalue weighted by Crippen LogP contribution is 2.30. The first-order chi connectivity index (χ1) is 12.3. The van der Waals surface area contributed by atoms with Crippen LogP contribution < -0.4 is 9.47 Å². The van der Waals surface area contributed by atoms with Gasteiger partial charge in [0, 0.05) is 11.1 Å². The molecule has 4 nitrogen and oxygen atoms in total. The minimum atomic E-state index is 0.268. The van der Waals surface area contributed by atoms with Crippen molar-refractivity contribution < 1.29 is 9.47 Å². The first kappa shape index (κ1) is 20.8. The van der Waals surface area contributed by atoms with Crippen LogP contribution in [0.2, 0.25) is 0 Å². The van der Waals surface area contributed by atoms with Gasteiger partial charge in [0.1, 0.15) is 11.5 Å². The van der Waals surface area contributed by atoms with E-state index in [1.54, 1.807) is 7.11 Å². The van der Waals surface area contributed by atoms with Gasteiger partial charge < -0.3 is 9.47 Å². The first-order valence-electron chi connectivity index (χ1n) is 9.33. The summed E-state index contributed by atoms with van der Waals surface area (Å²) in [5.41, 5.74) is 1.62. The van der Waals surface area contributed by atoms with Crippen LogP contribution in [0.1, 0.15) is 69.4 Å². The van der Waals surface area contributed by atoms with Crippen molar-refractivity contribution in [1.82, 2.24) is 0 Å². The molecule has 0 saturated heterocycles. The van der Waals surface area contributed by atoms with Gasteiger partial charge in [0.05, 0.1) is 38.7 Å². The summed E-state index contributed by atoms with van der Waals surface area (Å²) in [7, 11) is 1.58. The van der Waals surface area contributed by atoms with Gasteiger partial charge in [-0.05, 0) is 18.6 Å². The number of unbranched alkanes of at least 4 members (excludes halogenated alkanes) is 7. The van der Waals surface area contributed by atoms with Gasteiger partial charge >= 0.3 is 0 Å². The molecular formula is C21H30N2O2. The van der Waals surface area contributed by atoms with Gasteiger partial charge in [-0.25, -0.2) is 0 Å². The third-order valence-corrected chi connectivity index (χ3v) is 4.26. The van der Waals surface area contributed by atoms with E-state index in [-0.39, 0.29) is 12.8 Å². The predicted molar refractivity (Wildman–Crippen MR) is 99.7 cm³/mol. The van der Waals surface area contributed by atoms with Gasteiger partial charge in [-0.3, -0.25) is 0 Å². The van der Waals surface area contributed by atoms with Crippen molar-refractivity contribution in [2.45, 2.75) is 71.1 Å². The Morgan fingerprint density at radius 3 is 1.88 bits per heavy atom. The Hall–Kier alpha value is -2.20. The third-order valence-electron chi connectivity index (χ3n) is 4.26. The van der Waals surface area contributed by atoms with Crippen LogP contribution in [0.5, 0.6) is 11.5 Å². The molecule has 0 spiro atoms. The van der Waals surface area contributed by atoms with Crippen LogP contribution in [0.15, 0.2) is 12.1 Å². The zero-order valence-electron chi connectivity index (χ0n) is 15.6. The molecule has 0 atom stereocenters. The number of benzene rings is 1. The number of hydrogen-bond acceptors (Lipinski definition) is 4. The van der Waals surface area contributed by atoms with Crippen LogP contribution >= 0.6 is 0 Å². The molecule has 0 radical (unpaired) electrons. The van der Waals surface area contributed by atoms with E-state index in [2.05, 4.69) is 19.1 Å². The number of hydrogen-bond donors (Lipinski definition) is 0. The van der Waals surface area contributed by atoms with Gasteiger partial charge in [0.15, 0.2) is 0 Å². The molecule has 0 bridgehead atoms. The van der Waals surface area contributed by atoms with Crippen molar-refractivity contribution in [2.75, 3.05) is 13.7 Å². The van der Waals surface area contributed by atoms with Crippen molar-refractivity contribution in [3.8, 4) is 23.6 Å². The second-order valence-corrected chi connectivity index (χ2v) is 6.26. The molecule has 0 aliphatic carbocycles. The van der Waals surface area contributed by atoms with E-state index in [0.717, 1.165) is 17.5 Å². The lowest BCUT2D eigenvalue weighted by Gasteiger charge is -2.14. The topological polar surface area (TPSA) is 66.0 Å². The molecule has 1 aromatic carbocycles.